The van der Waals surface area contributed by atoms with Crippen LogP contribution in [-0.2, 0) is 0 Å². The molecule has 0 amide bonds. The number of hydrogen-bond donors (Lipinski definition) is 2. The Kier molecular flexibility index (Phi) is 1.10. The van der Waals surface area contributed by atoms with Crippen molar-refractivity contribution in [2.45, 2.75) is 5.03 Å². The molecule has 1 radical (unpaired) electrons. The molecule has 4 nitrogen and oxygen atoms in total. The number of aromatic amines is 1. The summed E-state index contributed by atoms with van der Waals surface area (Å²) >= 11 is 4.07. The van der Waals surface area contributed by atoms with Gasteiger partial charge in [-0.25, -0.2) is 15.0 Å². The van der Waals surface area contributed by atoms with Crippen LogP contribution in [0.15, 0.2) is 11.4 Å². The normalized spacial score (nSPS) is 10.5. The molecule has 0 saturated carbocycles. The Hall–Kier alpha value is -1.10. The van der Waals surface area contributed by atoms with Gasteiger partial charge in [0.25, 0.3) is 0 Å². The number of rotatable bonds is 0. The summed E-state index contributed by atoms with van der Waals surface area (Å²) in [6.45, 7) is 0. The number of fused-ring (bicyclic) bond motifs is 1. The van der Waals surface area contributed by atoms with E-state index in [0.29, 0.717) is 10.7 Å². The maximum absolute atomic E-state index is 4.07. The van der Waals surface area contributed by atoms with Crippen LogP contribution in [-0.4, -0.2) is 19.9 Å². The minimum absolute atomic E-state index is 0.596. The van der Waals surface area contributed by atoms with Crippen molar-refractivity contribution in [2.24, 2.45) is 0 Å². The number of aromatic nitrogens is 4. The molecule has 0 aliphatic carbocycles. The molecule has 0 bridgehead atoms. The van der Waals surface area contributed by atoms with Gasteiger partial charge in [-0.05, 0) is 0 Å². The van der Waals surface area contributed by atoms with Gasteiger partial charge in [-0.3, -0.25) is 0 Å². The van der Waals surface area contributed by atoms with E-state index >= 15 is 0 Å². The van der Waals surface area contributed by atoms with Crippen LogP contribution in [0.3, 0.4) is 0 Å². The van der Waals surface area contributed by atoms with Gasteiger partial charge >= 0.3 is 0 Å². The SMILES string of the molecule is Sc1ncnc2n[c][nH]c12. The first kappa shape index (κ1) is 5.67. The van der Waals surface area contributed by atoms with Crippen LogP contribution >= 0.6 is 12.6 Å². The summed E-state index contributed by atoms with van der Waals surface area (Å²) in [5.74, 6) is 0. The molecular formula is C5H3N4S. The lowest BCUT2D eigenvalue weighted by Gasteiger charge is -1.88. The quantitative estimate of drug-likeness (QED) is 0.424. The number of nitrogens with one attached hydrogen (secondary N) is 1. The standard InChI is InChI=1S/C5H3N4S/c10-5-3-4(7-1-6-3)8-2-9-5/h2H,(H2,6,7,8,9,10). The maximum Gasteiger partial charge on any atom is 0.182 e. The first-order valence-electron chi connectivity index (χ1n) is 2.63. The smallest absolute Gasteiger partial charge is 0.182 e. The highest BCUT2D eigenvalue weighted by Crippen LogP contribution is 2.11. The number of nitrogens with zero attached hydrogens (tertiary/aromatic N) is 3. The second kappa shape index (κ2) is 1.95. The van der Waals surface area contributed by atoms with Crippen LogP contribution in [0.1, 0.15) is 0 Å². The van der Waals surface area contributed by atoms with Gasteiger partial charge in [0.1, 0.15) is 16.9 Å². The van der Waals surface area contributed by atoms with E-state index in [4.69, 9.17) is 0 Å². The largest absolute Gasteiger partial charge is 0.332 e. The molecule has 0 saturated heterocycles. The second-order valence-electron chi connectivity index (χ2n) is 1.74. The average molecular weight is 151 g/mol. The molecule has 49 valence electrons. The van der Waals surface area contributed by atoms with Gasteiger partial charge in [-0.2, -0.15) is 0 Å². The van der Waals surface area contributed by atoms with Crippen LogP contribution in [0.4, 0.5) is 0 Å². The zero-order valence-corrected chi connectivity index (χ0v) is 5.76. The fraction of sp³-hybridized carbons (Fsp3) is 0. The maximum atomic E-state index is 4.07. The van der Waals surface area contributed by atoms with Crippen molar-refractivity contribution in [3.8, 4) is 0 Å². The number of imidazole rings is 1. The minimum atomic E-state index is 0.596. The molecule has 2 rings (SSSR count). The molecule has 2 heterocycles. The lowest BCUT2D eigenvalue weighted by Crippen LogP contribution is -1.81. The van der Waals surface area contributed by atoms with Gasteiger partial charge in [0.15, 0.2) is 12.0 Å². The molecule has 0 aliphatic rings. The summed E-state index contributed by atoms with van der Waals surface area (Å²) < 4.78 is 0. The van der Waals surface area contributed by atoms with Crippen LogP contribution in [0.2, 0.25) is 0 Å². The summed E-state index contributed by atoms with van der Waals surface area (Å²) in [7, 11) is 0. The molecule has 0 aromatic carbocycles. The molecule has 0 spiro atoms. The minimum Gasteiger partial charge on any atom is -0.332 e. The molecule has 0 atom stereocenters. The predicted molar refractivity (Wildman–Crippen MR) is 37.8 cm³/mol. The lowest BCUT2D eigenvalue weighted by atomic mass is 10.6. The van der Waals surface area contributed by atoms with E-state index in [1.165, 1.54) is 6.33 Å². The molecule has 2 aromatic heterocycles. The van der Waals surface area contributed by atoms with E-state index in [-0.39, 0.29) is 0 Å². The Labute approximate surface area is 62.1 Å². The number of thiol groups is 1. The van der Waals surface area contributed by atoms with Gasteiger partial charge in [0, 0.05) is 0 Å². The third-order valence-electron chi connectivity index (χ3n) is 1.15. The van der Waals surface area contributed by atoms with E-state index in [9.17, 15) is 0 Å². The van der Waals surface area contributed by atoms with Crippen molar-refractivity contribution in [1.29, 1.82) is 0 Å². The molecule has 1 N–H and O–H groups in total. The highest BCUT2D eigenvalue weighted by atomic mass is 32.1. The van der Waals surface area contributed by atoms with E-state index < -0.39 is 0 Å². The van der Waals surface area contributed by atoms with Gasteiger partial charge < -0.3 is 4.98 Å². The van der Waals surface area contributed by atoms with Gasteiger partial charge in [-0.1, -0.05) is 0 Å². The van der Waals surface area contributed by atoms with E-state index in [1.54, 1.807) is 0 Å². The van der Waals surface area contributed by atoms with Crippen LogP contribution < -0.4 is 0 Å². The molecule has 0 aliphatic heterocycles. The van der Waals surface area contributed by atoms with Crippen molar-refractivity contribution in [3.05, 3.63) is 12.7 Å². The monoisotopic (exact) mass is 151 g/mol. The molecule has 2 aromatic rings. The zero-order valence-electron chi connectivity index (χ0n) is 4.87. The third-order valence-corrected chi connectivity index (χ3v) is 1.49. The van der Waals surface area contributed by atoms with E-state index in [2.05, 4.69) is 38.9 Å². The van der Waals surface area contributed by atoms with E-state index in [1.807, 2.05) is 0 Å². The summed E-state index contributed by atoms with van der Waals surface area (Å²) in [6, 6.07) is 0. The van der Waals surface area contributed by atoms with E-state index in [0.717, 1.165) is 5.52 Å². The van der Waals surface area contributed by atoms with Crippen molar-refractivity contribution >= 4 is 23.8 Å². The van der Waals surface area contributed by atoms with Crippen molar-refractivity contribution in [3.63, 3.8) is 0 Å². The van der Waals surface area contributed by atoms with Crippen LogP contribution in [0, 0.1) is 6.33 Å². The van der Waals surface area contributed by atoms with Gasteiger partial charge in [0.05, 0.1) is 0 Å². The Morgan fingerprint density at radius 2 is 2.40 bits per heavy atom. The zero-order chi connectivity index (χ0) is 6.97. The lowest BCUT2D eigenvalue weighted by molar-refractivity contribution is 1.09. The van der Waals surface area contributed by atoms with Gasteiger partial charge in [0.2, 0.25) is 0 Å². The van der Waals surface area contributed by atoms with Crippen molar-refractivity contribution in [1.82, 2.24) is 19.9 Å². The molecule has 5 heteroatoms. The fourth-order valence-electron chi connectivity index (χ4n) is 0.701. The molecule has 0 unspecified atom stereocenters. The number of hydrogen-bond acceptors (Lipinski definition) is 4. The Balaban J connectivity index is 2.95. The summed E-state index contributed by atoms with van der Waals surface area (Å²) in [5, 5.41) is 0.596. The molecule has 0 fully saturated rings. The molecule has 10 heavy (non-hydrogen) atoms. The molecular weight excluding hydrogens is 148 g/mol. The Morgan fingerprint density at radius 1 is 1.50 bits per heavy atom. The first-order valence-corrected chi connectivity index (χ1v) is 3.08. The fourth-order valence-corrected chi connectivity index (χ4v) is 0.908. The van der Waals surface area contributed by atoms with Gasteiger partial charge in [-0.15, -0.1) is 12.6 Å². The second-order valence-corrected chi connectivity index (χ2v) is 2.17. The highest BCUT2D eigenvalue weighted by molar-refractivity contribution is 7.80. The van der Waals surface area contributed by atoms with Crippen LogP contribution in [0.5, 0.6) is 0 Å². The number of H-pyrrole nitrogens is 1. The van der Waals surface area contributed by atoms with Crippen LogP contribution in [0.25, 0.3) is 11.2 Å². The Morgan fingerprint density at radius 3 is 3.20 bits per heavy atom. The topological polar surface area (TPSA) is 54.5 Å². The highest BCUT2D eigenvalue weighted by Gasteiger charge is 1.99. The predicted octanol–water partition coefficient (Wildman–Crippen LogP) is 0.442. The summed E-state index contributed by atoms with van der Waals surface area (Å²) in [6.07, 6.45) is 3.97. The average Bonchev–Trinajstić information content (AvgIpc) is 2.36. The van der Waals surface area contributed by atoms with Crippen molar-refractivity contribution < 1.29 is 0 Å². The van der Waals surface area contributed by atoms with Crippen molar-refractivity contribution in [2.75, 3.05) is 0 Å². The Bertz CT molecular complexity index is 355. The first-order chi connectivity index (χ1) is 4.88. The summed E-state index contributed by atoms with van der Waals surface area (Å²) in [5.41, 5.74) is 1.32. The summed E-state index contributed by atoms with van der Waals surface area (Å²) in [4.78, 5) is 14.3. The third kappa shape index (κ3) is 0.672.